The third-order valence-electron chi connectivity index (χ3n) is 4.78. The van der Waals surface area contributed by atoms with Crippen molar-refractivity contribution < 1.29 is 4.79 Å². The Morgan fingerprint density at radius 1 is 0.967 bits per heavy atom. The number of rotatable bonds is 3. The quantitative estimate of drug-likeness (QED) is 0.397. The fourth-order valence-corrected chi connectivity index (χ4v) is 4.32. The van der Waals surface area contributed by atoms with Crippen molar-refractivity contribution in [3.8, 4) is 11.1 Å². The second kappa shape index (κ2) is 7.86. The highest BCUT2D eigenvalue weighted by Crippen LogP contribution is 2.33. The van der Waals surface area contributed by atoms with Gasteiger partial charge in [0.05, 0.1) is 16.3 Å². The fraction of sp³-hybridized carbons (Fsp3) is 0. The number of hydrogen-bond donors (Lipinski definition) is 1. The third kappa shape index (κ3) is 3.65. The molecule has 30 heavy (non-hydrogen) atoms. The first-order chi connectivity index (χ1) is 14.7. The Kier molecular flexibility index (Phi) is 4.91. The number of hydrogen-bond acceptors (Lipinski definition) is 3. The lowest BCUT2D eigenvalue weighted by Gasteiger charge is -2.03. The Morgan fingerprint density at radius 3 is 2.53 bits per heavy atom. The molecule has 2 aromatic heterocycles. The predicted octanol–water partition coefficient (Wildman–Crippen LogP) is 6.15. The van der Waals surface area contributed by atoms with E-state index in [1.54, 1.807) is 12.1 Å². The van der Waals surface area contributed by atoms with Crippen molar-refractivity contribution in [1.82, 2.24) is 9.72 Å². The van der Waals surface area contributed by atoms with Crippen molar-refractivity contribution in [3.63, 3.8) is 0 Å². The minimum Gasteiger partial charge on any atom is -0.316 e. The summed E-state index contributed by atoms with van der Waals surface area (Å²) in [7, 11) is 0. The van der Waals surface area contributed by atoms with Gasteiger partial charge in [-0.15, -0.1) is 0 Å². The summed E-state index contributed by atoms with van der Waals surface area (Å²) in [5, 5.41) is 4.05. The molecule has 146 valence electrons. The minimum absolute atomic E-state index is 0.155. The summed E-state index contributed by atoms with van der Waals surface area (Å²) in [5.74, 6) is -0.155. The van der Waals surface area contributed by atoms with E-state index in [2.05, 4.69) is 39.0 Å². The van der Waals surface area contributed by atoms with Crippen LogP contribution >= 0.6 is 23.4 Å². The second-order valence-electron chi connectivity index (χ2n) is 6.76. The maximum atomic E-state index is 12.6. The molecule has 6 heteroatoms. The summed E-state index contributed by atoms with van der Waals surface area (Å²) in [6, 6.07) is 25.6. The summed E-state index contributed by atoms with van der Waals surface area (Å²) in [6.07, 6.45) is 3.94. The van der Waals surface area contributed by atoms with Gasteiger partial charge in [0.2, 0.25) is 0 Å². The van der Waals surface area contributed by atoms with Crippen molar-refractivity contribution in [3.05, 3.63) is 101 Å². The van der Waals surface area contributed by atoms with E-state index in [1.165, 1.54) is 11.8 Å². The maximum absolute atomic E-state index is 12.6. The number of amidine groups is 1. The Morgan fingerprint density at radius 2 is 1.73 bits per heavy atom. The van der Waals surface area contributed by atoms with Crippen LogP contribution in [0.15, 0.2) is 95.0 Å². The monoisotopic (exact) mass is 429 g/mol. The number of carbonyl (C=O) groups is 1. The minimum atomic E-state index is -0.155. The van der Waals surface area contributed by atoms with Gasteiger partial charge in [0.15, 0.2) is 5.17 Å². The van der Waals surface area contributed by atoms with Gasteiger partial charge < -0.3 is 9.72 Å². The summed E-state index contributed by atoms with van der Waals surface area (Å²) < 4.78 is 2.09. The Labute approximate surface area is 182 Å². The first-order valence-electron chi connectivity index (χ1n) is 9.38. The van der Waals surface area contributed by atoms with Crippen LogP contribution in [0.4, 0.5) is 5.69 Å². The van der Waals surface area contributed by atoms with E-state index in [1.807, 2.05) is 54.7 Å². The topological polar surface area (TPSA) is 45.9 Å². The molecule has 0 bridgehead atoms. The largest absolute Gasteiger partial charge is 0.316 e. The van der Waals surface area contributed by atoms with E-state index in [4.69, 9.17) is 11.6 Å². The predicted molar refractivity (Wildman–Crippen MR) is 125 cm³/mol. The standard InChI is InChI=1S/C24H16ClN3OS/c25-17-9-11-18(12-10-17)26-24-27-23(29)22(30-24)15-21-20(16-6-2-1-3-7-16)14-19-8-4-5-13-28(19)21/h1-15H,(H,26,27,29). The van der Waals surface area contributed by atoms with E-state index in [-0.39, 0.29) is 5.91 Å². The van der Waals surface area contributed by atoms with Crippen LogP contribution in [0.25, 0.3) is 22.7 Å². The molecule has 0 atom stereocenters. The lowest BCUT2D eigenvalue weighted by atomic mass is 10.1. The molecule has 0 unspecified atom stereocenters. The molecule has 1 fully saturated rings. The first-order valence-corrected chi connectivity index (χ1v) is 10.6. The zero-order valence-corrected chi connectivity index (χ0v) is 17.3. The Balaban J connectivity index is 1.56. The van der Waals surface area contributed by atoms with Crippen LogP contribution in [0.2, 0.25) is 5.02 Å². The highest BCUT2D eigenvalue weighted by Gasteiger charge is 2.25. The number of halogens is 1. The number of pyridine rings is 1. The molecule has 1 aliphatic heterocycles. The lowest BCUT2D eigenvalue weighted by molar-refractivity contribution is -0.115. The van der Waals surface area contributed by atoms with Gasteiger partial charge in [-0.3, -0.25) is 4.79 Å². The number of benzene rings is 2. The maximum Gasteiger partial charge on any atom is 0.264 e. The molecule has 0 saturated carbocycles. The number of carbonyl (C=O) groups excluding carboxylic acids is 1. The van der Waals surface area contributed by atoms with Crippen LogP contribution in [0.1, 0.15) is 5.69 Å². The summed E-state index contributed by atoms with van der Waals surface area (Å²) >= 11 is 7.26. The summed E-state index contributed by atoms with van der Waals surface area (Å²) in [5.41, 5.74) is 4.95. The summed E-state index contributed by atoms with van der Waals surface area (Å²) in [6.45, 7) is 0. The smallest absolute Gasteiger partial charge is 0.264 e. The molecule has 0 radical (unpaired) electrons. The molecule has 1 N–H and O–H groups in total. The summed E-state index contributed by atoms with van der Waals surface area (Å²) in [4.78, 5) is 17.7. The molecule has 2 aromatic carbocycles. The van der Waals surface area contributed by atoms with Crippen LogP contribution in [0.5, 0.6) is 0 Å². The average Bonchev–Trinajstić information content (AvgIpc) is 3.31. The molecular formula is C24H16ClN3OS. The van der Waals surface area contributed by atoms with Crippen LogP contribution in [-0.4, -0.2) is 15.5 Å². The van der Waals surface area contributed by atoms with Crippen molar-refractivity contribution >= 4 is 51.7 Å². The van der Waals surface area contributed by atoms with E-state index in [0.29, 0.717) is 15.1 Å². The van der Waals surface area contributed by atoms with Gasteiger partial charge in [0.1, 0.15) is 0 Å². The molecule has 0 spiro atoms. The number of nitrogens with zero attached hydrogens (tertiary/aromatic N) is 2. The lowest BCUT2D eigenvalue weighted by Crippen LogP contribution is -2.19. The normalized spacial score (nSPS) is 16.5. The number of amides is 1. The highest BCUT2D eigenvalue weighted by atomic mass is 35.5. The number of aliphatic imine (C=N–C) groups is 1. The zero-order chi connectivity index (χ0) is 20.5. The van der Waals surface area contributed by atoms with Gasteiger partial charge in [0, 0.05) is 22.3 Å². The van der Waals surface area contributed by atoms with Gasteiger partial charge in [0.25, 0.3) is 5.91 Å². The third-order valence-corrected chi connectivity index (χ3v) is 5.94. The molecule has 4 nitrogen and oxygen atoms in total. The van der Waals surface area contributed by atoms with Gasteiger partial charge >= 0.3 is 0 Å². The van der Waals surface area contributed by atoms with E-state index in [9.17, 15) is 4.79 Å². The van der Waals surface area contributed by atoms with Gasteiger partial charge in [-0.1, -0.05) is 48.0 Å². The molecule has 1 aliphatic rings. The van der Waals surface area contributed by atoms with Crippen molar-refractivity contribution in [2.75, 3.05) is 0 Å². The molecule has 1 saturated heterocycles. The number of fused-ring (bicyclic) bond motifs is 1. The van der Waals surface area contributed by atoms with Crippen LogP contribution < -0.4 is 5.32 Å². The Hall–Kier alpha value is -3.28. The fourth-order valence-electron chi connectivity index (χ4n) is 3.38. The number of nitrogens with one attached hydrogen (secondary N) is 1. The molecule has 0 aliphatic carbocycles. The van der Waals surface area contributed by atoms with Crippen molar-refractivity contribution in [2.24, 2.45) is 4.99 Å². The van der Waals surface area contributed by atoms with Crippen molar-refractivity contribution in [1.29, 1.82) is 0 Å². The first kappa shape index (κ1) is 18.7. The van der Waals surface area contributed by atoms with E-state index >= 15 is 0 Å². The van der Waals surface area contributed by atoms with Gasteiger partial charge in [-0.25, -0.2) is 4.99 Å². The van der Waals surface area contributed by atoms with E-state index in [0.717, 1.165) is 28.0 Å². The second-order valence-corrected chi connectivity index (χ2v) is 8.23. The van der Waals surface area contributed by atoms with E-state index < -0.39 is 0 Å². The van der Waals surface area contributed by atoms with Gasteiger partial charge in [-0.05, 0) is 65.9 Å². The molecule has 3 heterocycles. The van der Waals surface area contributed by atoms with Crippen LogP contribution in [0, 0.1) is 0 Å². The average molecular weight is 430 g/mol. The zero-order valence-electron chi connectivity index (χ0n) is 15.7. The Bertz CT molecular complexity index is 1310. The molecule has 1 amide bonds. The number of thioether (sulfide) groups is 1. The molecular weight excluding hydrogens is 414 g/mol. The SMILES string of the molecule is O=C1NC(=Nc2ccc(Cl)cc2)SC1=Cc1c(-c2ccccc2)cc2ccccn12. The number of aromatic nitrogens is 1. The molecule has 4 aromatic rings. The van der Waals surface area contributed by atoms with Crippen LogP contribution in [0.3, 0.4) is 0 Å². The van der Waals surface area contributed by atoms with Crippen molar-refractivity contribution in [2.45, 2.75) is 0 Å². The van der Waals surface area contributed by atoms with Gasteiger partial charge in [-0.2, -0.15) is 0 Å². The van der Waals surface area contributed by atoms with Crippen LogP contribution in [-0.2, 0) is 4.79 Å². The highest BCUT2D eigenvalue weighted by molar-refractivity contribution is 8.18. The molecule has 5 rings (SSSR count).